The lowest BCUT2D eigenvalue weighted by Gasteiger charge is -2.22. The molecule has 0 heterocycles. The predicted octanol–water partition coefficient (Wildman–Crippen LogP) is 37.0. The van der Waals surface area contributed by atoms with Gasteiger partial charge in [0.15, 0.2) is 0 Å². The summed E-state index contributed by atoms with van der Waals surface area (Å²) in [7, 11) is 0. The summed E-state index contributed by atoms with van der Waals surface area (Å²) in [6.07, 6.45) is 6.86. The Balaban J connectivity index is 0.000000110. The molecule has 26 rings (SSSR count). The molecule has 0 radical (unpaired) electrons. The molecule has 0 saturated heterocycles. The molecular weight excluding hydrogens is 1600 g/mol. The molecule has 0 nitrogen and oxygen atoms in total. The lowest BCUT2D eigenvalue weighted by Crippen LogP contribution is -2.14. The van der Waals surface area contributed by atoms with Gasteiger partial charge in [0.05, 0.1) is 0 Å². The van der Waals surface area contributed by atoms with E-state index in [0.29, 0.717) is 0 Å². The maximum absolute atomic E-state index is 2.46. The monoisotopic (exact) mass is 1690 g/mol. The standard InChI is InChI=1S/C47H34.C46H32.C40H26/c1-47(2)43-20-12-11-17-37(43)38-27-25-36(30-44(38)47)35-26-28-41-42(29-35)46(33-15-7-4-8-16-33)40-19-10-9-18-39(40)45(41)34-23-21-32(22-24-34)31-13-5-3-6-14-31;1-3-13-31(14-4-1)32-23-25-34(26-24-32)45-40-21-11-12-22-41(40)46(33-15-5-2-6-16-33)44-30-36(27-28-42(44)45)43-29-35-17-7-8-18-37(35)38-19-9-10-20-39(38)43;1-2-11-27(12-3-1)31-23-24-37-38(26-31)40(34-20-10-16-29-14-6-7-17-33(29)34)36-19-9-8-18-35(36)39(37)32-22-21-28-13-4-5-15-30(28)25-32/h3-30H,1-2H3;1-8,10-18,20-30H,9,19H2;1-26H. The third-order valence-corrected chi connectivity index (χ3v) is 28.2. The Morgan fingerprint density at radius 1 is 0.165 bits per heavy atom. The van der Waals surface area contributed by atoms with Gasteiger partial charge in [-0.1, -0.05) is 475 Å². The second-order valence-electron chi connectivity index (χ2n) is 36.2. The smallest absolute Gasteiger partial charge is 0.0159 e. The summed E-state index contributed by atoms with van der Waals surface area (Å²) in [4.78, 5) is 0. The molecule has 24 aromatic carbocycles. The van der Waals surface area contributed by atoms with E-state index < -0.39 is 0 Å². The van der Waals surface area contributed by atoms with Crippen molar-refractivity contribution in [2.75, 3.05) is 0 Å². The normalized spacial score (nSPS) is 12.4. The Morgan fingerprint density at radius 3 is 1.03 bits per heavy atom. The maximum Gasteiger partial charge on any atom is 0.0159 e. The summed E-state index contributed by atoms with van der Waals surface area (Å²) in [6, 6.07) is 178. The van der Waals surface area contributed by atoms with E-state index in [9.17, 15) is 0 Å². The van der Waals surface area contributed by atoms with Gasteiger partial charge in [0.25, 0.3) is 0 Å². The van der Waals surface area contributed by atoms with E-state index in [1.807, 2.05) is 0 Å². The van der Waals surface area contributed by atoms with Crippen molar-refractivity contribution >= 4 is 103 Å². The van der Waals surface area contributed by atoms with Crippen LogP contribution in [0.1, 0.15) is 42.5 Å². The number of rotatable bonds is 11. The second kappa shape index (κ2) is 33.8. The third kappa shape index (κ3) is 14.3. The first-order valence-electron chi connectivity index (χ1n) is 46.6. The Hall–Kier alpha value is -16.6. The summed E-state index contributed by atoms with van der Waals surface area (Å²) in [6.45, 7) is 4.72. The zero-order chi connectivity index (χ0) is 88.5. The molecule has 0 aliphatic heterocycles. The highest BCUT2D eigenvalue weighted by atomic mass is 14.4. The first kappa shape index (κ1) is 79.7. The van der Waals surface area contributed by atoms with Gasteiger partial charge in [-0.2, -0.15) is 0 Å². The van der Waals surface area contributed by atoms with Crippen LogP contribution in [0.3, 0.4) is 0 Å². The molecule has 0 saturated carbocycles. The number of allylic oxidation sites excluding steroid dienone is 1. The summed E-state index contributed by atoms with van der Waals surface area (Å²) in [5, 5.41) is 23.1. The third-order valence-electron chi connectivity index (χ3n) is 28.2. The largest absolute Gasteiger partial charge is 0.0836 e. The van der Waals surface area contributed by atoms with Crippen LogP contribution in [0, 0.1) is 0 Å². The maximum atomic E-state index is 2.46. The van der Waals surface area contributed by atoms with Crippen LogP contribution in [-0.4, -0.2) is 0 Å². The second-order valence-corrected chi connectivity index (χ2v) is 36.2. The molecule has 0 aromatic heterocycles. The van der Waals surface area contributed by atoms with Gasteiger partial charge in [0.1, 0.15) is 0 Å². The molecule has 0 fully saturated rings. The van der Waals surface area contributed by atoms with Crippen molar-refractivity contribution in [1.82, 2.24) is 0 Å². The van der Waals surface area contributed by atoms with Crippen molar-refractivity contribution in [2.24, 2.45) is 0 Å². The number of hydrogen-bond donors (Lipinski definition) is 0. The molecule has 624 valence electrons. The zero-order valence-electron chi connectivity index (χ0n) is 74.3. The fourth-order valence-corrected chi connectivity index (χ4v) is 21.9. The van der Waals surface area contributed by atoms with Gasteiger partial charge in [0.2, 0.25) is 0 Å². The van der Waals surface area contributed by atoms with Crippen LogP contribution in [0.15, 0.2) is 491 Å². The highest BCUT2D eigenvalue weighted by Gasteiger charge is 2.36. The lowest BCUT2D eigenvalue weighted by atomic mass is 9.81. The molecule has 24 aromatic rings. The van der Waals surface area contributed by atoms with Gasteiger partial charge >= 0.3 is 0 Å². The highest BCUT2D eigenvalue weighted by Crippen LogP contribution is 2.54. The fraction of sp³-hybridized carbons (Fsp3) is 0.0376. The SMILES string of the molecule is C1=Cc2c(-c3ccc4c(-c5ccc(-c6ccccc6)cc5)c5ccccc5c(-c5ccccc5)c4c3)cc3ccccc3c2CC1.CC1(C)c2ccccc2-c2ccc(-c3ccc4c(-c5ccc(-c6ccccc6)cc5)c5ccccc5c(-c5ccccc5)c4c3)cc21.c1ccc(-c2ccc3c(-c4ccc5ccccc5c4)c4ccccc4c(-c4cccc5ccccc45)c3c2)cc1. The molecule has 0 unspecified atom stereocenters. The first-order chi connectivity index (χ1) is 65.8. The van der Waals surface area contributed by atoms with Gasteiger partial charge in [0, 0.05) is 5.41 Å². The molecule has 0 spiro atoms. The first-order valence-corrected chi connectivity index (χ1v) is 46.6. The minimum atomic E-state index is -0.0384. The molecule has 2 aliphatic carbocycles. The quantitative estimate of drug-likeness (QED) is 0.113. The average Bonchev–Trinajstić information content (AvgIpc) is 1.68. The van der Waals surface area contributed by atoms with E-state index in [0.717, 1.165) is 12.8 Å². The number of fused-ring (bicyclic) bond motifs is 14. The van der Waals surface area contributed by atoms with E-state index in [1.165, 1.54) is 253 Å². The Bertz CT molecular complexity index is 8700. The van der Waals surface area contributed by atoms with Crippen LogP contribution in [0.25, 0.3) is 237 Å². The predicted molar refractivity (Wildman–Crippen MR) is 572 cm³/mol. The number of aryl methyl sites for hydroxylation is 1. The number of benzene rings is 24. The van der Waals surface area contributed by atoms with Gasteiger partial charge < -0.3 is 0 Å². The molecule has 0 bridgehead atoms. The van der Waals surface area contributed by atoms with Crippen molar-refractivity contribution in [3.05, 3.63) is 514 Å². The topological polar surface area (TPSA) is 0 Å². The molecule has 0 atom stereocenters. The zero-order valence-corrected chi connectivity index (χ0v) is 74.3. The van der Waals surface area contributed by atoms with Gasteiger partial charge in [-0.3, -0.25) is 0 Å². The summed E-state index contributed by atoms with van der Waals surface area (Å²) >= 11 is 0. The van der Waals surface area contributed by atoms with E-state index in [-0.39, 0.29) is 5.41 Å². The molecule has 0 amide bonds. The highest BCUT2D eigenvalue weighted by molar-refractivity contribution is 6.27. The summed E-state index contributed by atoms with van der Waals surface area (Å²) in [5.74, 6) is 0. The molecule has 0 N–H and O–H groups in total. The van der Waals surface area contributed by atoms with Crippen LogP contribution in [-0.2, 0) is 11.8 Å². The van der Waals surface area contributed by atoms with Gasteiger partial charge in [-0.15, -0.1) is 0 Å². The van der Waals surface area contributed by atoms with Gasteiger partial charge in [-0.05, 0) is 302 Å². The van der Waals surface area contributed by atoms with Crippen LogP contribution in [0.2, 0.25) is 0 Å². The number of hydrogen-bond acceptors (Lipinski definition) is 0. The van der Waals surface area contributed by atoms with Gasteiger partial charge in [-0.25, -0.2) is 0 Å². The average molecular weight is 1690 g/mol. The Morgan fingerprint density at radius 2 is 0.489 bits per heavy atom. The van der Waals surface area contributed by atoms with Crippen LogP contribution >= 0.6 is 0 Å². The van der Waals surface area contributed by atoms with E-state index in [1.54, 1.807) is 0 Å². The van der Waals surface area contributed by atoms with Crippen LogP contribution < -0.4 is 0 Å². The summed E-state index contributed by atoms with van der Waals surface area (Å²) in [5.41, 5.74) is 36.0. The van der Waals surface area contributed by atoms with E-state index >= 15 is 0 Å². The lowest BCUT2D eigenvalue weighted by molar-refractivity contribution is 0.660. The Kier molecular flexibility index (Phi) is 20.2. The van der Waals surface area contributed by atoms with E-state index in [2.05, 4.69) is 511 Å². The minimum absolute atomic E-state index is 0.0384. The molecule has 2 aliphatic rings. The van der Waals surface area contributed by atoms with Crippen molar-refractivity contribution in [1.29, 1.82) is 0 Å². The van der Waals surface area contributed by atoms with Crippen molar-refractivity contribution < 1.29 is 0 Å². The Labute approximate surface area is 776 Å². The van der Waals surface area contributed by atoms with Crippen molar-refractivity contribution in [3.8, 4) is 134 Å². The minimum Gasteiger partial charge on any atom is -0.0836 e. The molecule has 0 heteroatoms. The van der Waals surface area contributed by atoms with Crippen LogP contribution in [0.4, 0.5) is 0 Å². The molecular formula is C133H92. The summed E-state index contributed by atoms with van der Waals surface area (Å²) < 4.78 is 0. The van der Waals surface area contributed by atoms with E-state index in [4.69, 9.17) is 0 Å². The van der Waals surface area contributed by atoms with Crippen molar-refractivity contribution in [3.63, 3.8) is 0 Å². The molecule has 133 heavy (non-hydrogen) atoms. The van der Waals surface area contributed by atoms with Crippen LogP contribution in [0.5, 0.6) is 0 Å². The van der Waals surface area contributed by atoms with Crippen molar-refractivity contribution in [2.45, 2.75) is 32.1 Å². The fourth-order valence-electron chi connectivity index (χ4n) is 21.9.